The summed E-state index contributed by atoms with van der Waals surface area (Å²) in [5.74, 6) is 1.42. The van der Waals surface area contributed by atoms with Gasteiger partial charge in [0.1, 0.15) is 11.4 Å². The van der Waals surface area contributed by atoms with Crippen LogP contribution in [0, 0.1) is 0 Å². The van der Waals surface area contributed by atoms with E-state index in [0.717, 1.165) is 42.8 Å². The molecule has 0 aliphatic carbocycles. The summed E-state index contributed by atoms with van der Waals surface area (Å²) in [6.07, 6.45) is 9.59. The van der Waals surface area contributed by atoms with Crippen LogP contribution >= 0.6 is 23.2 Å². The average molecular weight is 726 g/mol. The molecule has 2 fully saturated rings. The molecule has 0 spiro atoms. The van der Waals surface area contributed by atoms with Crippen LogP contribution in [-0.4, -0.2) is 75.6 Å². The predicted octanol–water partition coefficient (Wildman–Crippen LogP) is 6.34. The fourth-order valence-electron chi connectivity index (χ4n) is 6.78. The molecule has 2 aromatic carbocycles. The van der Waals surface area contributed by atoms with Gasteiger partial charge in [-0.05, 0) is 43.0 Å². The molecule has 3 aromatic heterocycles. The van der Waals surface area contributed by atoms with Gasteiger partial charge in [0.05, 0.1) is 48.0 Å². The van der Waals surface area contributed by atoms with Gasteiger partial charge in [-0.15, -0.1) is 0 Å². The third-order valence-electron chi connectivity index (χ3n) is 9.44. The number of carbonyl (C=O) groups is 1. The first-order chi connectivity index (χ1) is 24.9. The molecule has 0 bridgehead atoms. The Balaban J connectivity index is 1.09. The third-order valence-corrected chi connectivity index (χ3v) is 10.3. The number of aromatic nitrogens is 5. The fourth-order valence-corrected chi connectivity index (χ4v) is 7.43. The molecular formula is C38H38Cl2N8O3. The van der Waals surface area contributed by atoms with Gasteiger partial charge in [0.2, 0.25) is 17.7 Å². The van der Waals surface area contributed by atoms with E-state index in [2.05, 4.69) is 37.6 Å². The highest BCUT2D eigenvalue weighted by Gasteiger charge is 2.26. The van der Waals surface area contributed by atoms with Crippen molar-refractivity contribution in [2.45, 2.75) is 44.3 Å². The molecule has 0 saturated carbocycles. The smallest absolute Gasteiger partial charge is 0.237 e. The molecule has 13 heteroatoms. The van der Waals surface area contributed by atoms with Crippen molar-refractivity contribution in [3.8, 4) is 45.4 Å². The summed E-state index contributed by atoms with van der Waals surface area (Å²) in [6, 6.07) is 15.8. The Kier molecular flexibility index (Phi) is 10.7. The minimum absolute atomic E-state index is 0.0860. The van der Waals surface area contributed by atoms with Gasteiger partial charge >= 0.3 is 0 Å². The zero-order valence-corrected chi connectivity index (χ0v) is 29.9. The van der Waals surface area contributed by atoms with E-state index in [0.29, 0.717) is 82.0 Å². The van der Waals surface area contributed by atoms with Gasteiger partial charge < -0.3 is 20.1 Å². The van der Waals surface area contributed by atoms with Crippen molar-refractivity contribution in [2.75, 3.05) is 33.9 Å². The molecule has 11 nitrogen and oxygen atoms in total. The normalized spacial score (nSPS) is 17.5. The lowest BCUT2D eigenvalue weighted by atomic mass is 9.98. The topological polar surface area (TPSA) is 127 Å². The lowest BCUT2D eigenvalue weighted by Crippen LogP contribution is -2.35. The Morgan fingerprint density at radius 2 is 1.45 bits per heavy atom. The number of methoxy groups -OCH3 is 2. The Labute approximate surface area is 306 Å². The van der Waals surface area contributed by atoms with E-state index < -0.39 is 0 Å². The number of amides is 1. The number of carbonyl (C=O) groups excluding carboxylic acids is 1. The molecule has 2 aliphatic rings. The van der Waals surface area contributed by atoms with Crippen molar-refractivity contribution < 1.29 is 14.3 Å². The first-order valence-electron chi connectivity index (χ1n) is 16.9. The maximum Gasteiger partial charge on any atom is 0.237 e. The molecule has 51 heavy (non-hydrogen) atoms. The van der Waals surface area contributed by atoms with E-state index in [4.69, 9.17) is 47.6 Å². The molecule has 5 heterocycles. The molecule has 1 unspecified atom stereocenters. The summed E-state index contributed by atoms with van der Waals surface area (Å²) in [6.45, 7) is 3.63. The number of benzene rings is 2. The van der Waals surface area contributed by atoms with E-state index in [-0.39, 0.29) is 11.9 Å². The second-order valence-electron chi connectivity index (χ2n) is 12.7. The lowest BCUT2D eigenvalue weighted by Gasteiger charge is -2.18. The molecule has 2 aliphatic heterocycles. The van der Waals surface area contributed by atoms with E-state index in [1.165, 1.54) is 5.56 Å². The summed E-state index contributed by atoms with van der Waals surface area (Å²) >= 11 is 14.2. The number of nitrogens with zero attached hydrogens (tertiary/aromatic N) is 6. The number of ether oxygens (including phenoxy) is 2. The van der Waals surface area contributed by atoms with Gasteiger partial charge in [0, 0.05) is 73.3 Å². The van der Waals surface area contributed by atoms with E-state index >= 15 is 0 Å². The predicted molar refractivity (Wildman–Crippen MR) is 197 cm³/mol. The van der Waals surface area contributed by atoms with Crippen molar-refractivity contribution in [3.63, 3.8) is 0 Å². The summed E-state index contributed by atoms with van der Waals surface area (Å²) in [4.78, 5) is 37.1. The van der Waals surface area contributed by atoms with Gasteiger partial charge in [0.15, 0.2) is 0 Å². The average Bonchev–Trinajstić information content (AvgIpc) is 3.81. The van der Waals surface area contributed by atoms with Crippen LogP contribution < -0.4 is 20.1 Å². The molecule has 5 aromatic rings. The largest absolute Gasteiger partial charge is 0.480 e. The molecule has 1 amide bonds. The molecule has 262 valence electrons. The summed E-state index contributed by atoms with van der Waals surface area (Å²) < 4.78 is 11.3. The number of hydrogen-bond donors (Lipinski definition) is 2. The minimum Gasteiger partial charge on any atom is -0.480 e. The molecule has 0 radical (unpaired) electrons. The minimum atomic E-state index is 0.0860. The highest BCUT2D eigenvalue weighted by molar-refractivity contribution is 6.39. The van der Waals surface area contributed by atoms with Crippen LogP contribution in [0.5, 0.6) is 11.8 Å². The standard InChI is InChI=1S/C38H38Cl2N8O3/c1-50-37-32(18-42-17-25-9-10-34(49)45-25)43-19-30(46-37)28-7-3-5-26(35(28)39)27-6-4-8-29(36(27)40)31-20-44-33(38(47-31)51-2)22-48-16-13-24(21-48)23-11-14-41-15-12-23/h3-8,11-12,14-15,19-20,24-25,42H,9-10,13,16-18,21-22H2,1-2H3,(H,45,49)/t24?,25-/m0/s1. The van der Waals surface area contributed by atoms with Crippen molar-refractivity contribution >= 4 is 29.1 Å². The van der Waals surface area contributed by atoms with Gasteiger partial charge in [-0.2, -0.15) is 0 Å². The summed E-state index contributed by atoms with van der Waals surface area (Å²) in [5.41, 5.74) is 6.78. The zero-order chi connectivity index (χ0) is 35.3. The quantitative estimate of drug-likeness (QED) is 0.150. The number of hydrogen-bond acceptors (Lipinski definition) is 10. The fraction of sp³-hybridized carbons (Fsp3) is 0.316. The van der Waals surface area contributed by atoms with E-state index in [1.54, 1.807) is 26.6 Å². The maximum absolute atomic E-state index is 11.5. The van der Waals surface area contributed by atoms with Crippen molar-refractivity contribution in [2.24, 2.45) is 0 Å². The van der Waals surface area contributed by atoms with Crippen molar-refractivity contribution in [1.29, 1.82) is 0 Å². The molecule has 2 saturated heterocycles. The molecule has 2 atom stereocenters. The van der Waals surface area contributed by atoms with Gasteiger partial charge in [0.25, 0.3) is 0 Å². The number of halogens is 2. The third kappa shape index (κ3) is 7.67. The van der Waals surface area contributed by atoms with Crippen molar-refractivity contribution in [1.82, 2.24) is 40.5 Å². The maximum atomic E-state index is 11.5. The second kappa shape index (κ2) is 15.7. The van der Waals surface area contributed by atoms with Gasteiger partial charge in [-0.3, -0.25) is 24.6 Å². The Morgan fingerprint density at radius 3 is 2.06 bits per heavy atom. The van der Waals surface area contributed by atoms with E-state index in [9.17, 15) is 4.79 Å². The second-order valence-corrected chi connectivity index (χ2v) is 13.4. The van der Waals surface area contributed by atoms with Crippen molar-refractivity contribution in [3.05, 3.63) is 100 Å². The number of likely N-dealkylation sites (tertiary alicyclic amines) is 1. The first-order valence-corrected chi connectivity index (χ1v) is 17.7. The van der Waals surface area contributed by atoms with Gasteiger partial charge in [-0.1, -0.05) is 59.6 Å². The van der Waals surface area contributed by atoms with E-state index in [1.807, 2.05) is 48.8 Å². The van der Waals surface area contributed by atoms with Crippen LogP contribution in [0.25, 0.3) is 33.6 Å². The number of nitrogens with one attached hydrogen (secondary N) is 2. The SMILES string of the molecule is COc1nc(-c2cccc(-c3cccc(-c4cnc(CN5CCC(c6ccncc6)C5)c(OC)n4)c3Cl)c2Cl)cnc1CNC[C@@H]1CCC(=O)N1. The van der Waals surface area contributed by atoms with Crippen LogP contribution in [-0.2, 0) is 17.9 Å². The summed E-state index contributed by atoms with van der Waals surface area (Å²) in [5, 5.41) is 7.26. The Hall–Kier alpha value is -4.68. The Morgan fingerprint density at radius 1 is 0.843 bits per heavy atom. The van der Waals surface area contributed by atoms with Crippen LogP contribution in [0.3, 0.4) is 0 Å². The monoisotopic (exact) mass is 724 g/mol. The van der Waals surface area contributed by atoms with Crippen LogP contribution in [0.2, 0.25) is 10.0 Å². The van der Waals surface area contributed by atoms with Gasteiger partial charge in [-0.25, -0.2) is 9.97 Å². The first kappa shape index (κ1) is 34.8. The number of rotatable bonds is 12. The highest BCUT2D eigenvalue weighted by Crippen LogP contribution is 2.42. The van der Waals surface area contributed by atoms with Crippen LogP contribution in [0.15, 0.2) is 73.3 Å². The molecule has 2 N–H and O–H groups in total. The van der Waals surface area contributed by atoms with Crippen LogP contribution in [0.1, 0.15) is 42.1 Å². The lowest BCUT2D eigenvalue weighted by molar-refractivity contribution is -0.119. The zero-order valence-electron chi connectivity index (χ0n) is 28.4. The Bertz CT molecular complexity index is 2030. The highest BCUT2D eigenvalue weighted by atomic mass is 35.5. The molecule has 7 rings (SSSR count). The molecular weight excluding hydrogens is 687 g/mol. The number of pyridine rings is 1. The summed E-state index contributed by atoms with van der Waals surface area (Å²) in [7, 11) is 3.18. The van der Waals surface area contributed by atoms with Crippen LogP contribution in [0.4, 0.5) is 0 Å².